The number of fused-ring (bicyclic) bond motifs is 1. The smallest absolute Gasteiger partial charge is 1.00 e. The standard InChI is InChI=1S/C14H17NO2.3C14H21NO2.C13H16O2.C13H18O2.C13H16O.C7H7O.C6H10O.BrH.ClH.FH.Mg.H2/c1-15-13-8-3-4-9-14(13,16)11-6-5-7-12(10-11)17-2;3*1-17-13-7-4-6-11(9-13)14(16)8-3-2-5-12(14)10-15;1-14-11-6-4-5-10(9-11)13-8-3-2-7-12(13)15-13;1-15-12-7-5-6-11(10-12)13(14)8-3-2-4-9-13;1-14-13-9-5-8-12(10-13)11-6-3-2-4-7-11;1-8-7-5-3-2-4-6-7;7-6-4-2-1-3-5-6;;;;;/h5-7,10,13,16H,3-4,8-9H2,2H3;3*4,6-7,9,12,16H,2-3,5,8,10,15H2,1H3;4-6,9,12H,2-3,7-8H2,1H3;5-7,10,14H,2-4,8-9H2,1H3;5-6,8-10H,2-4,7H2,1H3;2-3,5-6H,1H3;1-5H2;3*1H;;1H/q;;;;;;;-1;;;;;+2;/p-1/t13-,14+;3*12-,14-;12-,13-;;;;;;;;;/m10000........./s1/i;;;;;;;;;;;;;1+2. The maximum atomic E-state index is 10.9. The van der Waals surface area contributed by atoms with Crippen molar-refractivity contribution < 1.29 is 96.1 Å². The minimum atomic E-state index is -1.01. The van der Waals surface area contributed by atoms with E-state index in [0.717, 1.165) is 221 Å². The van der Waals surface area contributed by atoms with Gasteiger partial charge in [0, 0.05) is 44.2 Å². The van der Waals surface area contributed by atoms with Crippen molar-refractivity contribution in [1.82, 2.24) is 0 Å². The second kappa shape index (κ2) is 58.5. The molecule has 23 heteroatoms. The maximum absolute atomic E-state index is 10.9. The van der Waals surface area contributed by atoms with Gasteiger partial charge in [0.05, 0.1) is 85.4 Å². The molecule has 10 atom stereocenters. The Morgan fingerprint density at radius 2 is 0.733 bits per heavy atom. The van der Waals surface area contributed by atoms with Crippen molar-refractivity contribution in [2.24, 2.45) is 35.0 Å². The number of hydrogen-bond acceptors (Lipinski definition) is 18. The average Bonchev–Trinajstić information content (AvgIpc) is 1.56. The number of ether oxygens (including phenoxy) is 9. The van der Waals surface area contributed by atoms with Crippen LogP contribution >= 0.6 is 12.4 Å². The molecular formula is C108H151BrClFMgN4O15. The van der Waals surface area contributed by atoms with Gasteiger partial charge in [0.2, 0.25) is 0 Å². The van der Waals surface area contributed by atoms with Crippen LogP contribution < -0.4 is 72.1 Å². The maximum Gasteiger partial charge on any atom is 2.00 e. The number of nitrogens with zero attached hydrogens (tertiary/aromatic N) is 1. The first-order valence-corrected chi connectivity index (χ1v) is 46.6. The third kappa shape index (κ3) is 32.4. The largest absolute Gasteiger partial charge is 2.00 e. The summed E-state index contributed by atoms with van der Waals surface area (Å²) in [6, 6.07) is 65.0. The van der Waals surface area contributed by atoms with Gasteiger partial charge in [-0.1, -0.05) is 168 Å². The Balaban J connectivity index is 0.000000312. The zero-order chi connectivity index (χ0) is 91.0. The molecular weight excluding hydrogens is 1750 g/mol. The Labute approximate surface area is 815 Å². The Morgan fingerprint density at radius 3 is 1.10 bits per heavy atom. The number of rotatable bonds is 18. The van der Waals surface area contributed by atoms with Gasteiger partial charge in [0.1, 0.15) is 51.6 Å². The van der Waals surface area contributed by atoms with Crippen LogP contribution in [0, 0.1) is 30.4 Å². The molecule has 1 saturated heterocycles. The number of ketones is 1. The van der Waals surface area contributed by atoms with E-state index in [0.29, 0.717) is 37.9 Å². The molecule has 7 saturated carbocycles. The van der Waals surface area contributed by atoms with Crippen LogP contribution in [0.4, 0.5) is 4.70 Å². The van der Waals surface area contributed by atoms with E-state index < -0.39 is 28.0 Å². The first-order valence-electron chi connectivity index (χ1n) is 46.6. The fourth-order valence-electron chi connectivity index (χ4n) is 19.4. The molecule has 8 aromatic carbocycles. The Bertz CT molecular complexity index is 4440. The second-order valence-corrected chi connectivity index (χ2v) is 35.1. The molecule has 17 rings (SSSR count). The predicted molar refractivity (Wildman–Crippen MR) is 524 cm³/mol. The first kappa shape index (κ1) is 114. The van der Waals surface area contributed by atoms with Crippen molar-refractivity contribution in [2.75, 3.05) is 76.5 Å². The summed E-state index contributed by atoms with van der Waals surface area (Å²) in [5.41, 5.74) is 22.2. The van der Waals surface area contributed by atoms with E-state index in [-0.39, 0.29) is 88.0 Å². The molecule has 0 amide bonds. The minimum absolute atomic E-state index is 0. The monoisotopic (exact) mass is 1900 g/mol. The third-order valence-electron chi connectivity index (χ3n) is 27.2. The van der Waals surface area contributed by atoms with Gasteiger partial charge in [-0.3, -0.25) is 9.50 Å². The molecule has 8 aliphatic carbocycles. The second-order valence-electron chi connectivity index (χ2n) is 35.1. The number of benzene rings is 8. The molecule has 716 valence electrons. The van der Waals surface area contributed by atoms with E-state index in [4.69, 9.17) is 66.4 Å². The average molecular weight is 1910 g/mol. The number of nitrogens with two attached hydrogens (primary N) is 3. The van der Waals surface area contributed by atoms with Crippen LogP contribution in [0.15, 0.2) is 200 Å². The summed E-state index contributed by atoms with van der Waals surface area (Å²) in [4.78, 5) is 14.1. The van der Waals surface area contributed by atoms with Gasteiger partial charge < -0.3 is 107 Å². The van der Waals surface area contributed by atoms with Crippen molar-refractivity contribution >= 4 is 46.8 Å². The van der Waals surface area contributed by atoms with Gasteiger partial charge >= 0.3 is 23.1 Å². The van der Waals surface area contributed by atoms with Crippen LogP contribution in [0.5, 0.6) is 46.0 Å². The van der Waals surface area contributed by atoms with Gasteiger partial charge in [-0.25, -0.2) is 6.57 Å². The number of allylic oxidation sites excluding steroid dienone is 2. The van der Waals surface area contributed by atoms with Crippen LogP contribution in [0.3, 0.4) is 0 Å². The summed E-state index contributed by atoms with van der Waals surface area (Å²) in [7, 11) is 13.3. The summed E-state index contributed by atoms with van der Waals surface area (Å²) < 4.78 is 47.3. The van der Waals surface area contributed by atoms with Crippen molar-refractivity contribution in [3.05, 3.63) is 257 Å². The number of Topliss-reactive ketones (excluding diaryl/α,β-unsaturated/α-hetero) is 1. The number of epoxide rings is 1. The molecule has 19 nitrogen and oxygen atoms in total. The molecule has 8 aromatic rings. The van der Waals surface area contributed by atoms with Crippen LogP contribution in [0.25, 0.3) is 10.4 Å². The van der Waals surface area contributed by atoms with E-state index in [2.05, 4.69) is 53.4 Å². The molecule has 1 aliphatic heterocycles. The topological polar surface area (TPSA) is 287 Å². The van der Waals surface area contributed by atoms with E-state index in [9.17, 15) is 30.3 Å². The molecule has 8 fully saturated rings. The van der Waals surface area contributed by atoms with E-state index in [1.165, 1.54) is 80.9 Å². The molecule has 1 heterocycles. The molecule has 131 heavy (non-hydrogen) atoms. The zero-order valence-electron chi connectivity index (χ0n) is 79.0. The molecule has 0 aromatic heterocycles. The normalized spacial score (nSPS) is 24.5. The van der Waals surface area contributed by atoms with Gasteiger partial charge in [0.15, 0.2) is 5.60 Å². The SMILES string of the molecule is COc1c[c-]ccc1.COc1cccc(C2(O)CCCCC2)c1.COc1cccc(C2=CCCCC2)c1.COc1cccc([C@@]2(O)CCCC[C@H]2CN)c1.COc1cccc([C@@]2(O)CCCC[C@H]2CN)c1.COc1cccc([C@@]2(O)CCCC[C@H]2CN)c1.COc1cccc([C@@]23CCCC[C@@H]2O3)c1.Cl.F.O=C1CCCCC1.[3HH].[Br-].[C-]#[N+][C@@H]1CCCC[C@]1(O)c1cccc(OC)c1.[Mg+2]. The fraction of sp³-hybridized carbons (Fsp3) is 0.519. The first-order chi connectivity index (χ1) is 61.6. The van der Waals surface area contributed by atoms with Crippen LogP contribution in [0.1, 0.15) is 259 Å². The minimum Gasteiger partial charge on any atom is -1.00 e. The van der Waals surface area contributed by atoms with Crippen LogP contribution in [-0.2, 0) is 43.1 Å². The molecule has 0 bridgehead atoms. The van der Waals surface area contributed by atoms with Gasteiger partial charge in [-0.2, -0.15) is 18.2 Å². The third-order valence-corrected chi connectivity index (χ3v) is 27.2. The van der Waals surface area contributed by atoms with Gasteiger partial charge in [-0.15, -0.1) is 24.5 Å². The van der Waals surface area contributed by atoms with Crippen molar-refractivity contribution in [3.8, 4) is 46.0 Å². The quantitative estimate of drug-likeness (QED) is 0.0225. The summed E-state index contributed by atoms with van der Waals surface area (Å²) in [5.74, 6) is 7.59. The Morgan fingerprint density at radius 1 is 0.397 bits per heavy atom. The van der Waals surface area contributed by atoms with E-state index in [1.807, 2.05) is 152 Å². The van der Waals surface area contributed by atoms with E-state index >= 15 is 0 Å². The molecule has 9 aliphatic rings. The number of carbonyl (C=O) groups is 1. The van der Waals surface area contributed by atoms with Crippen molar-refractivity contribution in [3.63, 3.8) is 0 Å². The fourth-order valence-corrected chi connectivity index (χ4v) is 19.4. The summed E-state index contributed by atoms with van der Waals surface area (Å²) in [6.07, 6.45) is 38.9. The number of halogens is 3. The molecule has 0 radical (unpaired) electrons. The van der Waals surface area contributed by atoms with E-state index in [1.54, 1.807) is 62.9 Å². The summed E-state index contributed by atoms with van der Waals surface area (Å²) in [6.45, 7) is 8.84. The van der Waals surface area contributed by atoms with Crippen LogP contribution in [0.2, 0.25) is 0 Å². The molecule has 0 unspecified atom stereocenters. The van der Waals surface area contributed by atoms with Crippen molar-refractivity contribution in [2.45, 2.75) is 264 Å². The molecule has 0 spiro atoms. The number of carbonyl (C=O) groups excluding carboxylic acids is 1. The summed E-state index contributed by atoms with van der Waals surface area (Å²) in [5, 5.41) is 53.9. The predicted octanol–water partition coefficient (Wildman–Crippen LogP) is 18.7. The van der Waals surface area contributed by atoms with Gasteiger partial charge in [-0.05, 0) is 271 Å². The zero-order valence-corrected chi connectivity index (χ0v) is 82.8. The summed E-state index contributed by atoms with van der Waals surface area (Å²) >= 11 is 0. The number of methoxy groups -OCH3 is 8. The van der Waals surface area contributed by atoms with Gasteiger partial charge in [0.25, 0.3) is 6.04 Å². The number of aliphatic hydroxyl groups is 5. The Hall–Kier alpha value is -7.83. The van der Waals surface area contributed by atoms with Crippen LogP contribution in [-0.4, -0.2) is 143 Å². The molecule has 11 N–H and O–H groups in total. The number of hydrogen-bond donors (Lipinski definition) is 8. The van der Waals surface area contributed by atoms with Crippen molar-refractivity contribution in [1.29, 1.82) is 0 Å². The Kier molecular flexibility index (Phi) is 50.7.